The van der Waals surface area contributed by atoms with Crippen LogP contribution in [0.25, 0.3) is 0 Å². The lowest BCUT2D eigenvalue weighted by molar-refractivity contribution is -0.143. The van der Waals surface area contributed by atoms with Gasteiger partial charge >= 0.3 is 5.97 Å². The Bertz CT molecular complexity index is 508. The number of amides is 1. The van der Waals surface area contributed by atoms with E-state index in [1.807, 2.05) is 23.1 Å². The van der Waals surface area contributed by atoms with Crippen LogP contribution in [0.15, 0.2) is 24.3 Å². The van der Waals surface area contributed by atoms with Gasteiger partial charge in [0.15, 0.2) is 0 Å². The van der Waals surface area contributed by atoms with E-state index in [4.69, 9.17) is 10.8 Å². The molecule has 0 spiro atoms. The zero-order valence-electron chi connectivity index (χ0n) is 11.6. The molecule has 0 aromatic heterocycles. The fourth-order valence-electron chi connectivity index (χ4n) is 2.72. The van der Waals surface area contributed by atoms with Gasteiger partial charge in [-0.25, -0.2) is 0 Å². The summed E-state index contributed by atoms with van der Waals surface area (Å²) in [6.45, 7) is 3.24. The zero-order chi connectivity index (χ0) is 14.7. The molecule has 1 atom stereocenters. The largest absolute Gasteiger partial charge is 0.480 e. The molecule has 0 aliphatic carbocycles. The van der Waals surface area contributed by atoms with E-state index in [-0.39, 0.29) is 0 Å². The highest BCUT2D eigenvalue weighted by Gasteiger charge is 2.27. The summed E-state index contributed by atoms with van der Waals surface area (Å²) in [5, 5.41) is 9.02. The molecule has 5 heteroatoms. The number of rotatable bonds is 4. The van der Waals surface area contributed by atoms with E-state index in [2.05, 4.69) is 0 Å². The van der Waals surface area contributed by atoms with Gasteiger partial charge in [0.1, 0.15) is 6.04 Å². The Morgan fingerprint density at radius 1 is 1.35 bits per heavy atom. The summed E-state index contributed by atoms with van der Waals surface area (Å²) in [6.07, 6.45) is 1.81. The van der Waals surface area contributed by atoms with Crippen LogP contribution in [-0.4, -0.2) is 41.0 Å². The van der Waals surface area contributed by atoms with Crippen molar-refractivity contribution in [2.24, 2.45) is 5.73 Å². The minimum atomic E-state index is -0.779. The highest BCUT2D eigenvalue weighted by Crippen LogP contribution is 2.29. The van der Waals surface area contributed by atoms with Crippen LogP contribution in [0.5, 0.6) is 0 Å². The molecule has 0 bridgehead atoms. The SMILES string of the molecule is CC(C(=O)O)N1CCC(c2cccc(C(N)=O)c2)CC1. The predicted octanol–water partition coefficient (Wildman–Crippen LogP) is 1.44. The maximum atomic E-state index is 11.2. The summed E-state index contributed by atoms with van der Waals surface area (Å²) in [4.78, 5) is 24.2. The van der Waals surface area contributed by atoms with Gasteiger partial charge in [-0.2, -0.15) is 0 Å². The molecule has 0 radical (unpaired) electrons. The van der Waals surface area contributed by atoms with E-state index in [1.54, 1.807) is 13.0 Å². The number of hydrogen-bond donors (Lipinski definition) is 2. The Morgan fingerprint density at radius 2 is 2.00 bits per heavy atom. The minimum Gasteiger partial charge on any atom is -0.480 e. The normalized spacial score (nSPS) is 18.6. The van der Waals surface area contributed by atoms with E-state index in [0.717, 1.165) is 31.5 Å². The van der Waals surface area contributed by atoms with Crippen molar-refractivity contribution in [3.8, 4) is 0 Å². The van der Waals surface area contributed by atoms with E-state index < -0.39 is 17.9 Å². The van der Waals surface area contributed by atoms with Crippen molar-refractivity contribution in [2.45, 2.75) is 31.7 Å². The van der Waals surface area contributed by atoms with E-state index in [1.165, 1.54) is 0 Å². The predicted molar refractivity (Wildman–Crippen MR) is 75.6 cm³/mol. The van der Waals surface area contributed by atoms with E-state index in [0.29, 0.717) is 11.5 Å². The van der Waals surface area contributed by atoms with Crippen LogP contribution >= 0.6 is 0 Å². The topological polar surface area (TPSA) is 83.6 Å². The van der Waals surface area contributed by atoms with Crippen LogP contribution in [0.1, 0.15) is 41.6 Å². The smallest absolute Gasteiger partial charge is 0.320 e. The number of carbonyl (C=O) groups excluding carboxylic acids is 1. The van der Waals surface area contributed by atoms with Crippen LogP contribution in [0.2, 0.25) is 0 Å². The van der Waals surface area contributed by atoms with Crippen molar-refractivity contribution in [3.05, 3.63) is 35.4 Å². The van der Waals surface area contributed by atoms with Crippen LogP contribution in [0.3, 0.4) is 0 Å². The number of aliphatic carboxylic acids is 1. The molecule has 1 aromatic rings. The molecule has 2 rings (SSSR count). The highest BCUT2D eigenvalue weighted by atomic mass is 16.4. The van der Waals surface area contributed by atoms with Crippen LogP contribution < -0.4 is 5.73 Å². The Kier molecular flexibility index (Phi) is 4.39. The summed E-state index contributed by atoms with van der Waals surface area (Å²) >= 11 is 0. The number of carboxylic acids is 1. The first-order valence-electron chi connectivity index (χ1n) is 6.85. The average Bonchev–Trinajstić information content (AvgIpc) is 2.46. The third kappa shape index (κ3) is 3.17. The second-order valence-corrected chi connectivity index (χ2v) is 5.31. The van der Waals surface area contributed by atoms with Gasteiger partial charge < -0.3 is 10.8 Å². The molecule has 3 N–H and O–H groups in total. The Hall–Kier alpha value is -1.88. The van der Waals surface area contributed by atoms with Gasteiger partial charge in [-0.3, -0.25) is 14.5 Å². The first-order chi connectivity index (χ1) is 9.49. The summed E-state index contributed by atoms with van der Waals surface area (Å²) in [6, 6.07) is 6.99. The summed E-state index contributed by atoms with van der Waals surface area (Å²) < 4.78 is 0. The van der Waals surface area contributed by atoms with Crippen LogP contribution in [0, 0.1) is 0 Å². The van der Waals surface area contributed by atoms with Gasteiger partial charge in [0, 0.05) is 5.56 Å². The van der Waals surface area contributed by atoms with Gasteiger partial charge in [-0.05, 0) is 56.5 Å². The third-order valence-corrected chi connectivity index (χ3v) is 4.08. The fourth-order valence-corrected chi connectivity index (χ4v) is 2.72. The monoisotopic (exact) mass is 276 g/mol. The lowest BCUT2D eigenvalue weighted by Crippen LogP contribution is -2.43. The summed E-state index contributed by atoms with van der Waals surface area (Å²) in [7, 11) is 0. The molecular weight excluding hydrogens is 256 g/mol. The number of carbonyl (C=O) groups is 2. The molecule has 1 aromatic carbocycles. The number of piperidine rings is 1. The molecule has 5 nitrogen and oxygen atoms in total. The third-order valence-electron chi connectivity index (χ3n) is 4.08. The standard InChI is InChI=1S/C15H20N2O3/c1-10(15(19)20)17-7-5-11(6-8-17)12-3-2-4-13(9-12)14(16)18/h2-4,9-11H,5-8H2,1H3,(H2,16,18)(H,19,20). The molecule has 1 fully saturated rings. The summed E-state index contributed by atoms with van der Waals surface area (Å²) in [5.41, 5.74) is 6.94. The Balaban J connectivity index is 2.02. The minimum absolute atomic E-state index is 0.367. The van der Waals surface area contributed by atoms with Crippen molar-refractivity contribution in [1.82, 2.24) is 4.90 Å². The molecule has 0 saturated carbocycles. The highest BCUT2D eigenvalue weighted by molar-refractivity contribution is 5.92. The molecule has 20 heavy (non-hydrogen) atoms. The van der Waals surface area contributed by atoms with Crippen LogP contribution in [-0.2, 0) is 4.79 Å². The lowest BCUT2D eigenvalue weighted by Gasteiger charge is -2.34. The van der Waals surface area contributed by atoms with Crippen molar-refractivity contribution in [3.63, 3.8) is 0 Å². The van der Waals surface area contributed by atoms with E-state index in [9.17, 15) is 9.59 Å². The van der Waals surface area contributed by atoms with Crippen molar-refractivity contribution in [2.75, 3.05) is 13.1 Å². The van der Waals surface area contributed by atoms with Gasteiger partial charge in [-0.15, -0.1) is 0 Å². The van der Waals surface area contributed by atoms with Gasteiger partial charge in [0.25, 0.3) is 0 Å². The second-order valence-electron chi connectivity index (χ2n) is 5.31. The van der Waals surface area contributed by atoms with Gasteiger partial charge in [0.2, 0.25) is 5.91 Å². The van der Waals surface area contributed by atoms with E-state index >= 15 is 0 Å². The molecule has 1 unspecified atom stereocenters. The molecule has 1 aliphatic rings. The van der Waals surface area contributed by atoms with Crippen molar-refractivity contribution >= 4 is 11.9 Å². The molecule has 1 amide bonds. The van der Waals surface area contributed by atoms with Crippen LogP contribution in [0.4, 0.5) is 0 Å². The molecule has 1 saturated heterocycles. The number of likely N-dealkylation sites (tertiary alicyclic amines) is 1. The Labute approximate surface area is 118 Å². The molecule has 1 aliphatic heterocycles. The summed E-state index contributed by atoms with van der Waals surface area (Å²) in [5.74, 6) is -0.825. The molecular formula is C15H20N2O3. The number of benzene rings is 1. The Morgan fingerprint density at radius 3 is 2.55 bits per heavy atom. The lowest BCUT2D eigenvalue weighted by atomic mass is 9.88. The number of primary amides is 1. The number of nitrogens with two attached hydrogens (primary N) is 1. The zero-order valence-corrected chi connectivity index (χ0v) is 11.6. The average molecular weight is 276 g/mol. The molecule has 1 heterocycles. The number of hydrogen-bond acceptors (Lipinski definition) is 3. The quantitative estimate of drug-likeness (QED) is 0.871. The van der Waals surface area contributed by atoms with Crippen molar-refractivity contribution < 1.29 is 14.7 Å². The number of carboxylic acid groups (broad SMARTS) is 1. The van der Waals surface area contributed by atoms with Gasteiger partial charge in [0.05, 0.1) is 0 Å². The maximum absolute atomic E-state index is 11.2. The maximum Gasteiger partial charge on any atom is 0.320 e. The first-order valence-corrected chi connectivity index (χ1v) is 6.85. The first kappa shape index (κ1) is 14.5. The fraction of sp³-hybridized carbons (Fsp3) is 0.467. The van der Waals surface area contributed by atoms with Gasteiger partial charge in [-0.1, -0.05) is 12.1 Å². The second kappa shape index (κ2) is 6.05. The van der Waals surface area contributed by atoms with Crippen molar-refractivity contribution in [1.29, 1.82) is 0 Å². The molecule has 108 valence electrons. The number of nitrogens with zero attached hydrogens (tertiary/aromatic N) is 1.